The van der Waals surface area contributed by atoms with Crippen molar-refractivity contribution in [1.82, 2.24) is 29.9 Å². The van der Waals surface area contributed by atoms with Crippen LogP contribution in [0.5, 0.6) is 0 Å². The lowest BCUT2D eigenvalue weighted by Gasteiger charge is -2.37. The molecule has 12 N–H and O–H groups in total. The number of hydrogen-bond donors (Lipinski definition) is 12. The van der Waals surface area contributed by atoms with Gasteiger partial charge >= 0.3 is 0 Å². The van der Waals surface area contributed by atoms with Crippen LogP contribution in [0.25, 0.3) is 65.4 Å². The van der Waals surface area contributed by atoms with Gasteiger partial charge in [0.1, 0.15) is 0 Å². The molecule has 6 aromatic carbocycles. The fourth-order valence-electron chi connectivity index (χ4n) is 8.82. The number of aromatic nitrogens is 6. The molecule has 3 aliphatic carbocycles. The molecule has 4 aromatic heterocycles. The number of aliphatic hydroxyl groups is 12. The van der Waals surface area contributed by atoms with Gasteiger partial charge in [-0.3, -0.25) is 29.9 Å². The number of nitrogens with zero attached hydrogens (tertiary/aromatic N) is 6. The molecule has 0 unspecified atom stereocenters. The summed E-state index contributed by atoms with van der Waals surface area (Å²) in [4.78, 5) is 26.8. The smallest absolute Gasteiger partial charge is 0.252 e. The largest absolute Gasteiger partial charge is 0.357 e. The molecular formula is C60H48N6O12. The maximum Gasteiger partial charge on any atom is 0.252 e. The Morgan fingerprint density at radius 1 is 0.205 bits per heavy atom. The first-order valence-electron chi connectivity index (χ1n) is 24.0. The molecular weight excluding hydrogens is 997 g/mol. The van der Waals surface area contributed by atoms with Crippen LogP contribution in [0.2, 0.25) is 0 Å². The Hall–Kier alpha value is -8.70. The van der Waals surface area contributed by atoms with Crippen molar-refractivity contribution in [2.75, 3.05) is 0 Å². The van der Waals surface area contributed by atoms with Crippen molar-refractivity contribution in [2.24, 2.45) is 0 Å². The van der Waals surface area contributed by atoms with Gasteiger partial charge in [0.25, 0.3) is 34.7 Å². The minimum atomic E-state index is -3.30. The summed E-state index contributed by atoms with van der Waals surface area (Å²) in [6.45, 7) is 0. The molecule has 0 atom stereocenters. The normalized spacial score (nSPS) is 16.3. The average Bonchev–Trinajstić information content (AvgIpc) is 3.28. The molecule has 0 fully saturated rings. The summed E-state index contributed by atoms with van der Waals surface area (Å²) in [6, 6.07) is 46.6. The Bertz CT molecular complexity index is 4110. The van der Waals surface area contributed by atoms with Gasteiger partial charge in [0.2, 0.25) is 0 Å². The zero-order valence-electron chi connectivity index (χ0n) is 40.8. The summed E-state index contributed by atoms with van der Waals surface area (Å²) in [5, 5.41) is 138. The van der Waals surface area contributed by atoms with E-state index in [9.17, 15) is 61.3 Å². The molecule has 0 saturated carbocycles. The van der Waals surface area contributed by atoms with Crippen molar-refractivity contribution in [1.29, 1.82) is 0 Å². The monoisotopic (exact) mass is 1040 g/mol. The molecule has 0 spiro atoms. The van der Waals surface area contributed by atoms with Gasteiger partial charge in [0, 0.05) is 70.6 Å². The van der Waals surface area contributed by atoms with E-state index in [0.717, 1.165) is 18.6 Å². The Morgan fingerprint density at radius 2 is 0.410 bits per heavy atom. The highest BCUT2D eigenvalue weighted by atomic mass is 16.6. The predicted octanol–water partition coefficient (Wildman–Crippen LogP) is 5.27. The third-order valence-corrected chi connectivity index (χ3v) is 13.5. The molecule has 12 heterocycles. The highest BCUT2D eigenvalue weighted by Crippen LogP contribution is 2.43. The number of hydrogen-bond acceptors (Lipinski definition) is 18. The van der Waals surface area contributed by atoms with Crippen LogP contribution >= 0.6 is 0 Å². The van der Waals surface area contributed by atoms with E-state index in [2.05, 4.69) is 29.9 Å². The van der Waals surface area contributed by atoms with Gasteiger partial charge in [-0.05, 0) is 68.7 Å². The molecule has 0 saturated heterocycles. The molecule has 390 valence electrons. The van der Waals surface area contributed by atoms with Crippen molar-refractivity contribution in [2.45, 2.75) is 34.7 Å². The summed E-state index contributed by atoms with van der Waals surface area (Å²) in [5.74, 6) is -19.5. The summed E-state index contributed by atoms with van der Waals surface area (Å²) >= 11 is 0. The first kappa shape index (κ1) is 52.7. The minimum absolute atomic E-state index is 0.117. The van der Waals surface area contributed by atoms with Crippen LogP contribution in [0.1, 0.15) is 33.4 Å². The lowest BCUT2D eigenvalue weighted by Crippen LogP contribution is -2.50. The van der Waals surface area contributed by atoms with E-state index in [1.54, 1.807) is 134 Å². The predicted molar refractivity (Wildman–Crippen MR) is 287 cm³/mol. The third-order valence-electron chi connectivity index (χ3n) is 13.5. The summed E-state index contributed by atoms with van der Waals surface area (Å²) < 4.78 is 0. The maximum absolute atomic E-state index is 11.3. The number of rotatable bonds is 0. The maximum atomic E-state index is 11.3. The second-order valence-corrected chi connectivity index (χ2v) is 18.5. The SMILES string of the molecule is OC1(O)c2ccc(c3ccc(cc3)cnc3ccccc3ncc3ccc(c4ccc(cc4)cnc4ccccc4ncc4ccc(cc4)c4ccc(cnc5ccccc5nc2)C(O)(O)C4(O)O)C(O)(O)C3(O)O)C1(O)O. The zero-order chi connectivity index (χ0) is 55.1. The topological polar surface area (TPSA) is 320 Å². The number of benzene rings is 6. The lowest BCUT2D eigenvalue weighted by molar-refractivity contribution is -0.376. The Morgan fingerprint density at radius 3 is 0.628 bits per heavy atom. The fourth-order valence-corrected chi connectivity index (χ4v) is 8.82. The zero-order valence-corrected chi connectivity index (χ0v) is 40.8. The summed E-state index contributed by atoms with van der Waals surface area (Å²) in [7, 11) is 0. The van der Waals surface area contributed by atoms with Crippen LogP contribution in [0.15, 0.2) is 219 Å². The molecule has 18 heteroatoms. The van der Waals surface area contributed by atoms with Crippen LogP contribution < -0.4 is 0 Å². The standard InChI is InChI=1S/C60H48N6O12/c67-55(68)43-25-28-46(58(55,73)74)40-19-13-37(14-20-40)31-61-49-7-1-2-8-50(49)62-32-38-15-21-41(22-16-38)47-29-26-44(56(69,70)59(47,75)76)35-65-53-11-5-6-12-54(53)66-36-45-27-30-48(60(77,78)57(45,71)72)42-23-17-39(18-24-42)33-63-51-9-3-4-10-52(51)64-34-43/h1-36,67-78H. The van der Waals surface area contributed by atoms with E-state index in [1.807, 2.05) is 0 Å². The van der Waals surface area contributed by atoms with Crippen molar-refractivity contribution in [3.63, 3.8) is 0 Å². The second kappa shape index (κ2) is 20.3. The highest BCUT2D eigenvalue weighted by molar-refractivity contribution is 5.76. The molecule has 21 rings (SSSR count). The fraction of sp³-hybridized carbons (Fsp3) is 0.100. The van der Waals surface area contributed by atoms with E-state index in [0.29, 0.717) is 32.7 Å². The van der Waals surface area contributed by atoms with Gasteiger partial charge in [0.05, 0.1) is 33.1 Å². The minimum Gasteiger partial charge on any atom is -0.357 e. The Labute approximate surface area is 442 Å². The van der Waals surface area contributed by atoms with Crippen LogP contribution in [0.4, 0.5) is 0 Å². The second-order valence-electron chi connectivity index (χ2n) is 18.5. The van der Waals surface area contributed by atoms with Crippen molar-refractivity contribution in [3.8, 4) is 0 Å². The van der Waals surface area contributed by atoms with E-state index >= 15 is 0 Å². The third kappa shape index (κ3) is 9.74. The first-order valence-corrected chi connectivity index (χ1v) is 24.0. The van der Waals surface area contributed by atoms with Gasteiger partial charge in [-0.25, -0.2) is 0 Å². The number of para-hydroxylation sites is 6. The molecule has 10 aromatic rings. The van der Waals surface area contributed by atoms with Gasteiger partial charge in [0.15, 0.2) is 0 Å². The molecule has 18 nitrogen and oxygen atoms in total. The highest BCUT2D eigenvalue weighted by Gasteiger charge is 2.54. The van der Waals surface area contributed by atoms with E-state index in [1.165, 1.54) is 66.9 Å². The summed E-state index contributed by atoms with van der Waals surface area (Å²) in [5.41, 5.74) is -0.0401. The Balaban J connectivity index is 1.15. The quantitative estimate of drug-likeness (QED) is 0.0861. The molecule has 8 aliphatic heterocycles. The molecule has 0 radical (unpaired) electrons. The van der Waals surface area contributed by atoms with E-state index in [-0.39, 0.29) is 55.0 Å². The summed E-state index contributed by atoms with van der Waals surface area (Å²) in [6.07, 6.45) is 7.72. The molecule has 11 aliphatic rings. The van der Waals surface area contributed by atoms with Gasteiger partial charge < -0.3 is 61.3 Å². The van der Waals surface area contributed by atoms with Crippen LogP contribution in [-0.4, -0.2) is 91.2 Å². The van der Waals surface area contributed by atoms with Crippen LogP contribution in [0, 0.1) is 0 Å². The lowest BCUT2D eigenvalue weighted by atomic mass is 9.87. The molecule has 12 bridgehead atoms. The van der Waals surface area contributed by atoms with Crippen molar-refractivity contribution >= 4 is 65.4 Å². The molecule has 0 amide bonds. The van der Waals surface area contributed by atoms with Crippen molar-refractivity contribution in [3.05, 3.63) is 253 Å². The van der Waals surface area contributed by atoms with Gasteiger partial charge in [-0.15, -0.1) is 0 Å². The average molecular weight is 1050 g/mol. The van der Waals surface area contributed by atoms with Crippen molar-refractivity contribution < 1.29 is 61.3 Å². The molecule has 78 heavy (non-hydrogen) atoms. The van der Waals surface area contributed by atoms with Crippen LogP contribution in [-0.2, 0) is 34.7 Å². The van der Waals surface area contributed by atoms with E-state index in [4.69, 9.17) is 0 Å². The van der Waals surface area contributed by atoms with Crippen LogP contribution in [0.3, 0.4) is 0 Å². The first-order chi connectivity index (χ1) is 37.2. The van der Waals surface area contributed by atoms with Gasteiger partial charge in [-0.1, -0.05) is 146 Å². The van der Waals surface area contributed by atoms with Gasteiger partial charge in [-0.2, -0.15) is 0 Å². The van der Waals surface area contributed by atoms with E-state index < -0.39 is 45.8 Å². The Kier molecular flexibility index (Phi) is 13.8.